The highest BCUT2D eigenvalue weighted by molar-refractivity contribution is 7.22. The summed E-state index contributed by atoms with van der Waals surface area (Å²) >= 11 is 1.45. The molecule has 0 aliphatic rings. The molecule has 2 aromatic carbocycles. The minimum absolute atomic E-state index is 0.0864. The van der Waals surface area contributed by atoms with E-state index in [1.807, 2.05) is 67.6 Å². The van der Waals surface area contributed by atoms with Crippen molar-refractivity contribution in [2.75, 3.05) is 18.6 Å². The minimum Gasteiger partial charge on any atom is -0.497 e. The van der Waals surface area contributed by atoms with Gasteiger partial charge in [0.05, 0.1) is 29.6 Å². The van der Waals surface area contributed by atoms with E-state index in [4.69, 9.17) is 9.47 Å². The molecule has 0 N–H and O–H groups in total. The zero-order valence-electron chi connectivity index (χ0n) is 16.7. The van der Waals surface area contributed by atoms with Gasteiger partial charge in [0.15, 0.2) is 11.7 Å². The summed E-state index contributed by atoms with van der Waals surface area (Å²) < 4.78 is 12.1. The number of aromatic nitrogens is 2. The Bertz CT molecular complexity index is 1160. The zero-order valence-corrected chi connectivity index (χ0v) is 17.6. The van der Waals surface area contributed by atoms with Crippen LogP contribution in [0.1, 0.15) is 11.3 Å². The number of ether oxygens (including phenoxy) is 2. The Kier molecular flexibility index (Phi) is 5.90. The largest absolute Gasteiger partial charge is 0.497 e. The van der Waals surface area contributed by atoms with Crippen molar-refractivity contribution in [1.29, 1.82) is 0 Å². The SMILES string of the molecule is COc1ccc2sc(N(Cc3ccccn3)C(=O)COc3ccccc3C)nc2c1. The maximum absolute atomic E-state index is 13.1. The monoisotopic (exact) mass is 419 g/mol. The predicted octanol–water partition coefficient (Wildman–Crippen LogP) is 4.62. The number of carbonyl (C=O) groups excluding carboxylic acids is 1. The van der Waals surface area contributed by atoms with E-state index in [9.17, 15) is 4.79 Å². The normalized spacial score (nSPS) is 10.7. The minimum atomic E-state index is -0.185. The van der Waals surface area contributed by atoms with E-state index < -0.39 is 0 Å². The van der Waals surface area contributed by atoms with Crippen molar-refractivity contribution < 1.29 is 14.3 Å². The molecule has 0 fully saturated rings. The number of amides is 1. The molecule has 6 nitrogen and oxygen atoms in total. The van der Waals surface area contributed by atoms with Crippen LogP contribution in [0.15, 0.2) is 66.9 Å². The first kappa shape index (κ1) is 19.8. The Morgan fingerprint density at radius 1 is 1.10 bits per heavy atom. The third kappa shape index (κ3) is 4.41. The molecule has 0 radical (unpaired) electrons. The van der Waals surface area contributed by atoms with Gasteiger partial charge in [-0.2, -0.15) is 0 Å². The molecule has 2 heterocycles. The molecular weight excluding hydrogens is 398 g/mol. The lowest BCUT2D eigenvalue weighted by molar-refractivity contribution is -0.120. The number of thiazole rings is 1. The first-order chi connectivity index (χ1) is 14.6. The number of hydrogen-bond donors (Lipinski definition) is 0. The zero-order chi connectivity index (χ0) is 20.9. The summed E-state index contributed by atoms with van der Waals surface area (Å²) in [6, 6.07) is 19.0. The van der Waals surface area contributed by atoms with E-state index in [0.717, 1.165) is 27.2 Å². The number of nitrogens with zero attached hydrogens (tertiary/aromatic N) is 3. The summed E-state index contributed by atoms with van der Waals surface area (Å²) in [7, 11) is 1.62. The van der Waals surface area contributed by atoms with Crippen LogP contribution >= 0.6 is 11.3 Å². The van der Waals surface area contributed by atoms with Gasteiger partial charge in [-0.05, 0) is 42.8 Å². The van der Waals surface area contributed by atoms with Gasteiger partial charge in [0, 0.05) is 12.3 Å². The van der Waals surface area contributed by atoms with Gasteiger partial charge in [-0.3, -0.25) is 14.7 Å². The number of hydrogen-bond acceptors (Lipinski definition) is 6. The predicted molar refractivity (Wildman–Crippen MR) is 118 cm³/mol. The number of pyridine rings is 1. The molecule has 0 spiro atoms. The van der Waals surface area contributed by atoms with Gasteiger partial charge in [0.25, 0.3) is 5.91 Å². The van der Waals surface area contributed by atoms with E-state index >= 15 is 0 Å². The number of aryl methyl sites for hydroxylation is 1. The van der Waals surface area contributed by atoms with E-state index in [1.165, 1.54) is 11.3 Å². The molecule has 0 aliphatic carbocycles. The fourth-order valence-electron chi connectivity index (χ4n) is 2.99. The number of carbonyl (C=O) groups is 1. The molecule has 152 valence electrons. The van der Waals surface area contributed by atoms with Gasteiger partial charge < -0.3 is 9.47 Å². The molecule has 0 aliphatic heterocycles. The lowest BCUT2D eigenvalue weighted by Crippen LogP contribution is -2.34. The first-order valence-corrected chi connectivity index (χ1v) is 10.3. The molecule has 4 aromatic rings. The Morgan fingerprint density at radius 3 is 2.70 bits per heavy atom. The van der Waals surface area contributed by atoms with E-state index in [-0.39, 0.29) is 12.5 Å². The average molecular weight is 420 g/mol. The molecule has 4 rings (SSSR count). The summed E-state index contributed by atoms with van der Waals surface area (Å²) in [4.78, 5) is 23.8. The average Bonchev–Trinajstić information content (AvgIpc) is 3.20. The van der Waals surface area contributed by atoms with Crippen LogP contribution in [0.2, 0.25) is 0 Å². The lowest BCUT2D eigenvalue weighted by atomic mass is 10.2. The molecule has 2 aromatic heterocycles. The van der Waals surface area contributed by atoms with Crippen molar-refractivity contribution in [1.82, 2.24) is 9.97 Å². The Labute approximate surface area is 178 Å². The van der Waals surface area contributed by atoms with Gasteiger partial charge in [-0.25, -0.2) is 4.98 Å². The molecule has 0 saturated carbocycles. The summed E-state index contributed by atoms with van der Waals surface area (Å²) in [6.07, 6.45) is 1.71. The smallest absolute Gasteiger partial charge is 0.267 e. The Balaban J connectivity index is 1.62. The second-order valence-electron chi connectivity index (χ2n) is 6.69. The van der Waals surface area contributed by atoms with Crippen molar-refractivity contribution in [3.05, 3.63) is 78.1 Å². The molecule has 1 amide bonds. The van der Waals surface area contributed by atoms with E-state index in [2.05, 4.69) is 9.97 Å². The van der Waals surface area contributed by atoms with Gasteiger partial charge in [-0.15, -0.1) is 0 Å². The molecule has 0 unspecified atom stereocenters. The number of benzene rings is 2. The summed E-state index contributed by atoms with van der Waals surface area (Å²) in [5.74, 6) is 1.23. The Morgan fingerprint density at radius 2 is 1.93 bits per heavy atom. The molecule has 0 saturated heterocycles. The number of para-hydroxylation sites is 1. The summed E-state index contributed by atoms with van der Waals surface area (Å²) in [5, 5.41) is 0.599. The third-order valence-corrected chi connectivity index (χ3v) is 5.67. The number of rotatable bonds is 7. The maximum Gasteiger partial charge on any atom is 0.267 e. The second-order valence-corrected chi connectivity index (χ2v) is 7.69. The Hall–Kier alpha value is -3.45. The van der Waals surface area contributed by atoms with Crippen molar-refractivity contribution in [2.24, 2.45) is 0 Å². The van der Waals surface area contributed by atoms with Crippen molar-refractivity contribution in [3.8, 4) is 11.5 Å². The fourth-order valence-corrected chi connectivity index (χ4v) is 3.95. The van der Waals surface area contributed by atoms with E-state index in [1.54, 1.807) is 18.2 Å². The molecular formula is C23H21N3O3S. The van der Waals surface area contributed by atoms with Crippen LogP contribution in [0.4, 0.5) is 5.13 Å². The number of methoxy groups -OCH3 is 1. The van der Waals surface area contributed by atoms with Gasteiger partial charge in [0.1, 0.15) is 11.5 Å². The molecule has 0 atom stereocenters. The van der Waals surface area contributed by atoms with Crippen LogP contribution in [-0.4, -0.2) is 29.6 Å². The molecule has 7 heteroatoms. The van der Waals surface area contributed by atoms with Crippen molar-refractivity contribution >= 4 is 32.6 Å². The van der Waals surface area contributed by atoms with Gasteiger partial charge >= 0.3 is 0 Å². The topological polar surface area (TPSA) is 64.5 Å². The van der Waals surface area contributed by atoms with Crippen LogP contribution in [0.25, 0.3) is 10.2 Å². The van der Waals surface area contributed by atoms with Crippen molar-refractivity contribution in [3.63, 3.8) is 0 Å². The second kappa shape index (κ2) is 8.92. The van der Waals surface area contributed by atoms with Crippen LogP contribution in [0.5, 0.6) is 11.5 Å². The van der Waals surface area contributed by atoms with Crippen molar-refractivity contribution in [2.45, 2.75) is 13.5 Å². The highest BCUT2D eigenvalue weighted by Gasteiger charge is 2.22. The quantitative estimate of drug-likeness (QED) is 0.437. The first-order valence-electron chi connectivity index (χ1n) is 9.47. The molecule has 30 heavy (non-hydrogen) atoms. The fraction of sp³-hybridized carbons (Fsp3) is 0.174. The maximum atomic E-state index is 13.1. The standard InChI is InChI=1S/C23H21N3O3S/c1-16-7-3-4-9-20(16)29-15-22(27)26(14-17-8-5-6-12-24-17)23-25-19-13-18(28-2)10-11-21(19)30-23/h3-13H,14-15H2,1-2H3. The third-order valence-electron chi connectivity index (χ3n) is 4.61. The lowest BCUT2D eigenvalue weighted by Gasteiger charge is -2.20. The summed E-state index contributed by atoms with van der Waals surface area (Å²) in [6.45, 7) is 2.18. The van der Waals surface area contributed by atoms with Crippen LogP contribution < -0.4 is 14.4 Å². The number of anilines is 1. The highest BCUT2D eigenvalue weighted by atomic mass is 32.1. The van der Waals surface area contributed by atoms with Crippen LogP contribution in [0.3, 0.4) is 0 Å². The van der Waals surface area contributed by atoms with Crippen LogP contribution in [0, 0.1) is 6.92 Å². The summed E-state index contributed by atoms with van der Waals surface area (Å²) in [5.41, 5.74) is 2.54. The highest BCUT2D eigenvalue weighted by Crippen LogP contribution is 2.32. The molecule has 0 bridgehead atoms. The van der Waals surface area contributed by atoms with Crippen LogP contribution in [-0.2, 0) is 11.3 Å². The number of fused-ring (bicyclic) bond motifs is 1. The van der Waals surface area contributed by atoms with Gasteiger partial charge in [0.2, 0.25) is 0 Å². The van der Waals surface area contributed by atoms with Gasteiger partial charge in [-0.1, -0.05) is 35.6 Å². The van der Waals surface area contributed by atoms with E-state index in [0.29, 0.717) is 17.4 Å².